The van der Waals surface area contributed by atoms with Gasteiger partial charge in [-0.3, -0.25) is 4.79 Å². The van der Waals surface area contributed by atoms with Crippen LogP contribution in [0.4, 0.5) is 0 Å². The number of amides is 1. The van der Waals surface area contributed by atoms with Crippen molar-refractivity contribution in [1.29, 1.82) is 0 Å². The van der Waals surface area contributed by atoms with Crippen LogP contribution in [0.1, 0.15) is 48.0 Å². The number of para-hydroxylation sites is 1. The van der Waals surface area contributed by atoms with E-state index in [9.17, 15) is 4.79 Å². The summed E-state index contributed by atoms with van der Waals surface area (Å²) in [6.07, 6.45) is 5.96. The average molecular weight is 323 g/mol. The van der Waals surface area contributed by atoms with Gasteiger partial charge < -0.3 is 9.64 Å². The molecule has 0 N–H and O–H groups in total. The zero-order valence-electron chi connectivity index (χ0n) is 14.1. The van der Waals surface area contributed by atoms with Crippen LogP contribution in [0.5, 0.6) is 5.75 Å². The minimum Gasteiger partial charge on any atom is -0.489 e. The molecule has 3 heteroatoms. The Kier molecular flexibility index (Phi) is 5.89. The molecule has 24 heavy (non-hydrogen) atoms. The summed E-state index contributed by atoms with van der Waals surface area (Å²) in [5.74, 6) is 0.968. The molecule has 1 saturated heterocycles. The van der Waals surface area contributed by atoms with Crippen LogP contribution in [0.25, 0.3) is 0 Å². The molecule has 1 aliphatic heterocycles. The normalized spacial score (nSPS) is 15.4. The summed E-state index contributed by atoms with van der Waals surface area (Å²) in [4.78, 5) is 15.0. The molecule has 0 unspecified atom stereocenters. The SMILES string of the molecule is O=C(c1ccccc1COc1ccccc1)N1CCCCCCC1. The Bertz CT molecular complexity index is 646. The van der Waals surface area contributed by atoms with Crippen molar-refractivity contribution < 1.29 is 9.53 Å². The number of hydrogen-bond acceptors (Lipinski definition) is 2. The zero-order valence-corrected chi connectivity index (χ0v) is 14.1. The van der Waals surface area contributed by atoms with Gasteiger partial charge >= 0.3 is 0 Å². The van der Waals surface area contributed by atoms with Crippen molar-refractivity contribution in [1.82, 2.24) is 4.90 Å². The van der Waals surface area contributed by atoms with Gasteiger partial charge in [-0.05, 0) is 31.0 Å². The first kappa shape index (κ1) is 16.6. The van der Waals surface area contributed by atoms with Crippen LogP contribution in [0.15, 0.2) is 54.6 Å². The number of benzene rings is 2. The topological polar surface area (TPSA) is 29.5 Å². The Labute approximate surface area is 144 Å². The first-order chi connectivity index (χ1) is 11.8. The molecule has 1 fully saturated rings. The number of hydrogen-bond donors (Lipinski definition) is 0. The second-order valence-electron chi connectivity index (χ2n) is 6.32. The maximum Gasteiger partial charge on any atom is 0.254 e. The van der Waals surface area contributed by atoms with Crippen molar-refractivity contribution in [3.05, 3.63) is 65.7 Å². The van der Waals surface area contributed by atoms with Gasteiger partial charge in [0.15, 0.2) is 0 Å². The Hall–Kier alpha value is -2.29. The number of nitrogens with zero attached hydrogens (tertiary/aromatic N) is 1. The van der Waals surface area contributed by atoms with Gasteiger partial charge in [0, 0.05) is 24.2 Å². The van der Waals surface area contributed by atoms with Crippen molar-refractivity contribution in [3.8, 4) is 5.75 Å². The first-order valence-corrected chi connectivity index (χ1v) is 8.89. The summed E-state index contributed by atoms with van der Waals surface area (Å²) >= 11 is 0. The number of rotatable bonds is 4. The van der Waals surface area contributed by atoms with Crippen molar-refractivity contribution in [2.24, 2.45) is 0 Å². The van der Waals surface area contributed by atoms with Crippen molar-refractivity contribution in [3.63, 3.8) is 0 Å². The van der Waals surface area contributed by atoms with E-state index in [1.807, 2.05) is 59.5 Å². The molecule has 0 bridgehead atoms. The second kappa shape index (κ2) is 8.53. The zero-order chi connectivity index (χ0) is 16.6. The highest BCUT2D eigenvalue weighted by molar-refractivity contribution is 5.95. The third kappa shape index (κ3) is 4.38. The lowest BCUT2D eigenvalue weighted by atomic mass is 10.0. The van der Waals surface area contributed by atoms with Crippen molar-refractivity contribution in [2.75, 3.05) is 13.1 Å². The van der Waals surface area contributed by atoms with Crippen LogP contribution in [0.2, 0.25) is 0 Å². The highest BCUT2D eigenvalue weighted by Gasteiger charge is 2.19. The molecule has 0 radical (unpaired) electrons. The fourth-order valence-corrected chi connectivity index (χ4v) is 3.15. The van der Waals surface area contributed by atoms with Crippen molar-refractivity contribution >= 4 is 5.91 Å². The van der Waals surface area contributed by atoms with Crippen molar-refractivity contribution in [2.45, 2.75) is 38.7 Å². The van der Waals surface area contributed by atoms with Gasteiger partial charge in [0.1, 0.15) is 12.4 Å². The van der Waals surface area contributed by atoms with Crippen LogP contribution in [-0.4, -0.2) is 23.9 Å². The molecule has 0 saturated carbocycles. The van der Waals surface area contributed by atoms with E-state index in [4.69, 9.17) is 4.74 Å². The standard InChI is InChI=1S/C21H25NO2/c23-21(22-15-9-2-1-3-10-16-22)20-14-8-7-11-18(20)17-24-19-12-5-4-6-13-19/h4-8,11-14H,1-3,9-10,15-17H2. The fraction of sp³-hybridized carbons (Fsp3) is 0.381. The van der Waals surface area contributed by atoms with Gasteiger partial charge in [-0.1, -0.05) is 55.7 Å². The Morgan fingerprint density at radius 2 is 1.46 bits per heavy atom. The molecule has 0 aliphatic carbocycles. The highest BCUT2D eigenvalue weighted by Crippen LogP contribution is 2.18. The summed E-state index contributed by atoms with van der Waals surface area (Å²) in [6.45, 7) is 2.15. The van der Waals surface area contributed by atoms with E-state index in [0.29, 0.717) is 6.61 Å². The summed E-state index contributed by atoms with van der Waals surface area (Å²) < 4.78 is 5.84. The molecule has 3 rings (SSSR count). The molecule has 1 heterocycles. The maximum atomic E-state index is 13.0. The lowest BCUT2D eigenvalue weighted by molar-refractivity contribution is 0.0739. The van der Waals surface area contributed by atoms with Gasteiger partial charge in [-0.15, -0.1) is 0 Å². The summed E-state index contributed by atoms with van der Waals surface area (Å²) in [7, 11) is 0. The van der Waals surface area contributed by atoms with E-state index in [1.165, 1.54) is 19.3 Å². The quantitative estimate of drug-likeness (QED) is 0.818. The minimum atomic E-state index is 0.143. The summed E-state index contributed by atoms with van der Waals surface area (Å²) in [6, 6.07) is 17.5. The van der Waals surface area contributed by atoms with E-state index >= 15 is 0 Å². The minimum absolute atomic E-state index is 0.143. The average Bonchev–Trinajstić information content (AvgIpc) is 2.60. The Balaban J connectivity index is 1.71. The first-order valence-electron chi connectivity index (χ1n) is 8.89. The second-order valence-corrected chi connectivity index (χ2v) is 6.32. The smallest absolute Gasteiger partial charge is 0.254 e. The molecule has 1 aliphatic rings. The van der Waals surface area contributed by atoms with E-state index in [2.05, 4.69) is 0 Å². The molecule has 0 spiro atoms. The van der Waals surface area contributed by atoms with Crippen LogP contribution in [0.3, 0.4) is 0 Å². The van der Waals surface area contributed by atoms with Crippen LogP contribution in [0, 0.1) is 0 Å². The fourth-order valence-electron chi connectivity index (χ4n) is 3.15. The number of carbonyl (C=O) groups is 1. The predicted octanol–water partition coefficient (Wildman–Crippen LogP) is 4.67. The molecule has 126 valence electrons. The van der Waals surface area contributed by atoms with Gasteiger partial charge in [-0.25, -0.2) is 0 Å². The number of likely N-dealkylation sites (tertiary alicyclic amines) is 1. The molecular formula is C21H25NO2. The molecule has 0 atom stereocenters. The molecule has 3 nitrogen and oxygen atoms in total. The van der Waals surface area contributed by atoms with E-state index in [-0.39, 0.29) is 5.91 Å². The van der Waals surface area contributed by atoms with E-state index in [0.717, 1.165) is 42.8 Å². The van der Waals surface area contributed by atoms with Crippen LogP contribution in [-0.2, 0) is 6.61 Å². The van der Waals surface area contributed by atoms with Gasteiger partial charge in [0.05, 0.1) is 0 Å². The molecule has 2 aromatic rings. The highest BCUT2D eigenvalue weighted by atomic mass is 16.5. The van der Waals surface area contributed by atoms with E-state index < -0.39 is 0 Å². The maximum absolute atomic E-state index is 13.0. The predicted molar refractivity (Wildman–Crippen MR) is 96.2 cm³/mol. The molecular weight excluding hydrogens is 298 g/mol. The Morgan fingerprint density at radius 3 is 2.21 bits per heavy atom. The number of ether oxygens (including phenoxy) is 1. The van der Waals surface area contributed by atoms with Gasteiger partial charge in [0.25, 0.3) is 5.91 Å². The summed E-state index contributed by atoms with van der Waals surface area (Å²) in [5, 5.41) is 0. The molecule has 1 amide bonds. The lowest BCUT2D eigenvalue weighted by Gasteiger charge is -2.25. The van der Waals surface area contributed by atoms with Gasteiger partial charge in [-0.2, -0.15) is 0 Å². The van der Waals surface area contributed by atoms with Gasteiger partial charge in [0.2, 0.25) is 0 Å². The molecule has 2 aromatic carbocycles. The largest absolute Gasteiger partial charge is 0.489 e. The van der Waals surface area contributed by atoms with Crippen LogP contribution >= 0.6 is 0 Å². The monoisotopic (exact) mass is 323 g/mol. The Morgan fingerprint density at radius 1 is 0.833 bits per heavy atom. The third-order valence-electron chi connectivity index (χ3n) is 4.53. The summed E-state index contributed by atoms with van der Waals surface area (Å²) in [5.41, 5.74) is 1.72. The number of carbonyl (C=O) groups excluding carboxylic acids is 1. The van der Waals surface area contributed by atoms with E-state index in [1.54, 1.807) is 0 Å². The van der Waals surface area contributed by atoms with Crippen LogP contribution < -0.4 is 4.74 Å². The lowest BCUT2D eigenvalue weighted by Crippen LogP contribution is -2.34. The molecule has 0 aromatic heterocycles. The third-order valence-corrected chi connectivity index (χ3v) is 4.53.